The van der Waals surface area contributed by atoms with Gasteiger partial charge in [-0.2, -0.15) is 0 Å². The second kappa shape index (κ2) is 3.93. The summed E-state index contributed by atoms with van der Waals surface area (Å²) >= 11 is 0. The number of ether oxygens (including phenoxy) is 2. The number of phenolic OH excluding ortho intramolecular Hbond substituents is 1. The smallest absolute Gasteiger partial charge is 0.172 e. The molecule has 0 amide bonds. The van der Waals surface area contributed by atoms with Gasteiger partial charge in [0.05, 0.1) is 19.6 Å². The molecule has 0 saturated heterocycles. The summed E-state index contributed by atoms with van der Waals surface area (Å²) in [5.74, 6) is 1.40. The molecule has 0 radical (unpaired) electrons. The van der Waals surface area contributed by atoms with Crippen molar-refractivity contribution < 1.29 is 14.6 Å². The Labute approximate surface area is 94.2 Å². The van der Waals surface area contributed by atoms with Gasteiger partial charge in [0, 0.05) is 0 Å². The van der Waals surface area contributed by atoms with Gasteiger partial charge in [-0.15, -0.1) is 0 Å². The molecule has 0 heterocycles. The third-order valence-electron chi connectivity index (χ3n) is 2.58. The third kappa shape index (κ3) is 1.54. The number of aryl methyl sites for hydroxylation is 1. The van der Waals surface area contributed by atoms with Gasteiger partial charge in [0.2, 0.25) is 0 Å². The van der Waals surface area contributed by atoms with Gasteiger partial charge in [-0.1, -0.05) is 12.1 Å². The van der Waals surface area contributed by atoms with Crippen LogP contribution < -0.4 is 9.47 Å². The lowest BCUT2D eigenvalue weighted by molar-refractivity contribution is 0.357. The molecule has 0 unspecified atom stereocenters. The average Bonchev–Trinajstić information content (AvgIpc) is 2.27. The maximum atomic E-state index is 9.95. The Hall–Kier alpha value is -1.90. The fourth-order valence-corrected chi connectivity index (χ4v) is 1.90. The van der Waals surface area contributed by atoms with Gasteiger partial charge < -0.3 is 14.6 Å². The van der Waals surface area contributed by atoms with Crippen LogP contribution in [0.5, 0.6) is 17.2 Å². The molecule has 16 heavy (non-hydrogen) atoms. The summed E-state index contributed by atoms with van der Waals surface area (Å²) in [6.45, 7) is 1.94. The van der Waals surface area contributed by atoms with E-state index in [-0.39, 0.29) is 5.75 Å². The molecule has 84 valence electrons. The predicted octanol–water partition coefficient (Wildman–Crippen LogP) is 2.87. The fourth-order valence-electron chi connectivity index (χ4n) is 1.90. The van der Waals surface area contributed by atoms with Crippen LogP contribution in [-0.4, -0.2) is 19.3 Å². The van der Waals surface area contributed by atoms with Gasteiger partial charge >= 0.3 is 0 Å². The lowest BCUT2D eigenvalue weighted by Crippen LogP contribution is -1.92. The second-order valence-corrected chi connectivity index (χ2v) is 3.68. The van der Waals surface area contributed by atoms with E-state index >= 15 is 0 Å². The van der Waals surface area contributed by atoms with E-state index in [0.717, 1.165) is 10.9 Å². The Balaban J connectivity index is 2.86. The SMILES string of the molecule is COc1ccc2cc(C)cc(O)c2c1OC. The molecular formula is C13H14O3. The van der Waals surface area contributed by atoms with Crippen molar-refractivity contribution in [2.24, 2.45) is 0 Å². The number of hydrogen-bond donors (Lipinski definition) is 1. The van der Waals surface area contributed by atoms with E-state index in [9.17, 15) is 5.11 Å². The molecule has 0 spiro atoms. The largest absolute Gasteiger partial charge is 0.507 e. The molecule has 2 aromatic carbocycles. The van der Waals surface area contributed by atoms with Crippen LogP contribution in [-0.2, 0) is 0 Å². The zero-order valence-corrected chi connectivity index (χ0v) is 9.57. The first-order valence-electron chi connectivity index (χ1n) is 5.01. The highest BCUT2D eigenvalue weighted by Gasteiger charge is 2.12. The van der Waals surface area contributed by atoms with Crippen LogP contribution in [0.1, 0.15) is 5.56 Å². The molecule has 0 fully saturated rings. The van der Waals surface area contributed by atoms with E-state index in [0.29, 0.717) is 16.9 Å². The highest BCUT2D eigenvalue weighted by molar-refractivity contribution is 5.96. The summed E-state index contributed by atoms with van der Waals surface area (Å²) in [6, 6.07) is 7.45. The number of methoxy groups -OCH3 is 2. The van der Waals surface area contributed by atoms with Crippen LogP contribution in [0.15, 0.2) is 24.3 Å². The van der Waals surface area contributed by atoms with E-state index in [1.165, 1.54) is 0 Å². The Morgan fingerprint density at radius 3 is 2.44 bits per heavy atom. The summed E-state index contributed by atoms with van der Waals surface area (Å²) in [7, 11) is 3.14. The lowest BCUT2D eigenvalue weighted by atomic mass is 10.1. The Morgan fingerprint density at radius 1 is 1.06 bits per heavy atom. The first kappa shape index (κ1) is 10.6. The van der Waals surface area contributed by atoms with Crippen molar-refractivity contribution in [3.05, 3.63) is 29.8 Å². The van der Waals surface area contributed by atoms with E-state index in [2.05, 4.69) is 0 Å². The Bertz CT molecular complexity index is 532. The normalized spacial score (nSPS) is 10.4. The Morgan fingerprint density at radius 2 is 1.81 bits per heavy atom. The van der Waals surface area contributed by atoms with Crippen LogP contribution in [0.2, 0.25) is 0 Å². The zero-order valence-electron chi connectivity index (χ0n) is 9.57. The molecule has 3 heteroatoms. The number of aromatic hydroxyl groups is 1. The molecule has 2 rings (SSSR count). The maximum absolute atomic E-state index is 9.95. The van der Waals surface area contributed by atoms with Gasteiger partial charge in [-0.3, -0.25) is 0 Å². The summed E-state index contributed by atoms with van der Waals surface area (Å²) in [6.07, 6.45) is 0. The number of hydrogen-bond acceptors (Lipinski definition) is 3. The minimum atomic E-state index is 0.214. The van der Waals surface area contributed by atoms with Crippen LogP contribution in [0.25, 0.3) is 10.8 Å². The minimum absolute atomic E-state index is 0.214. The van der Waals surface area contributed by atoms with Gasteiger partial charge in [-0.05, 0) is 30.0 Å². The second-order valence-electron chi connectivity index (χ2n) is 3.68. The van der Waals surface area contributed by atoms with Crippen molar-refractivity contribution in [3.8, 4) is 17.2 Å². The van der Waals surface area contributed by atoms with Gasteiger partial charge in [0.1, 0.15) is 5.75 Å². The standard InChI is InChI=1S/C13H14O3/c1-8-6-9-4-5-11(15-2)13(16-3)12(9)10(14)7-8/h4-7,14H,1-3H3. The van der Waals surface area contributed by atoms with E-state index in [4.69, 9.17) is 9.47 Å². The van der Waals surface area contributed by atoms with Crippen molar-refractivity contribution >= 4 is 10.8 Å². The van der Waals surface area contributed by atoms with Crippen molar-refractivity contribution in [3.63, 3.8) is 0 Å². The lowest BCUT2D eigenvalue weighted by Gasteiger charge is -2.12. The summed E-state index contributed by atoms with van der Waals surface area (Å²) in [5.41, 5.74) is 1.01. The molecule has 0 atom stereocenters. The molecule has 3 nitrogen and oxygen atoms in total. The fraction of sp³-hybridized carbons (Fsp3) is 0.231. The van der Waals surface area contributed by atoms with E-state index in [1.807, 2.05) is 25.1 Å². The summed E-state index contributed by atoms with van der Waals surface area (Å²) in [5, 5.41) is 11.6. The van der Waals surface area contributed by atoms with Crippen LogP contribution >= 0.6 is 0 Å². The molecule has 1 N–H and O–H groups in total. The van der Waals surface area contributed by atoms with Gasteiger partial charge in [0.25, 0.3) is 0 Å². The molecule has 0 aliphatic rings. The van der Waals surface area contributed by atoms with Crippen molar-refractivity contribution in [1.82, 2.24) is 0 Å². The number of benzene rings is 2. The average molecular weight is 218 g/mol. The molecule has 0 saturated carbocycles. The summed E-state index contributed by atoms with van der Waals surface area (Å²) in [4.78, 5) is 0. The van der Waals surface area contributed by atoms with Crippen LogP contribution in [0.3, 0.4) is 0 Å². The number of rotatable bonds is 2. The zero-order chi connectivity index (χ0) is 11.7. The molecular weight excluding hydrogens is 204 g/mol. The summed E-state index contributed by atoms with van der Waals surface area (Å²) < 4.78 is 10.5. The van der Waals surface area contributed by atoms with Crippen LogP contribution in [0, 0.1) is 6.92 Å². The molecule has 0 bridgehead atoms. The number of phenols is 1. The van der Waals surface area contributed by atoms with E-state index in [1.54, 1.807) is 20.3 Å². The topological polar surface area (TPSA) is 38.7 Å². The molecule has 0 aromatic heterocycles. The predicted molar refractivity (Wildman–Crippen MR) is 63.5 cm³/mol. The van der Waals surface area contributed by atoms with E-state index < -0.39 is 0 Å². The highest BCUT2D eigenvalue weighted by Crippen LogP contribution is 2.40. The first-order valence-corrected chi connectivity index (χ1v) is 5.01. The Kier molecular flexibility index (Phi) is 2.60. The maximum Gasteiger partial charge on any atom is 0.172 e. The first-order chi connectivity index (χ1) is 7.67. The third-order valence-corrected chi connectivity index (χ3v) is 2.58. The van der Waals surface area contributed by atoms with Gasteiger partial charge in [-0.25, -0.2) is 0 Å². The van der Waals surface area contributed by atoms with Crippen molar-refractivity contribution in [2.45, 2.75) is 6.92 Å². The van der Waals surface area contributed by atoms with Gasteiger partial charge in [0.15, 0.2) is 11.5 Å². The number of fused-ring (bicyclic) bond motifs is 1. The molecule has 0 aliphatic heterocycles. The quantitative estimate of drug-likeness (QED) is 0.842. The van der Waals surface area contributed by atoms with Crippen LogP contribution in [0.4, 0.5) is 0 Å². The minimum Gasteiger partial charge on any atom is -0.507 e. The monoisotopic (exact) mass is 218 g/mol. The highest BCUT2D eigenvalue weighted by atomic mass is 16.5. The molecule has 0 aliphatic carbocycles. The molecule has 2 aromatic rings. The van der Waals surface area contributed by atoms with Crippen molar-refractivity contribution in [1.29, 1.82) is 0 Å². The van der Waals surface area contributed by atoms with Crippen molar-refractivity contribution in [2.75, 3.05) is 14.2 Å².